The van der Waals surface area contributed by atoms with Crippen molar-refractivity contribution in [2.75, 3.05) is 28.2 Å². The zero-order chi connectivity index (χ0) is 8.08. The van der Waals surface area contributed by atoms with Gasteiger partial charge in [-0.15, -0.1) is 0 Å². The number of quaternary nitrogens is 1. The molecule has 0 atom stereocenters. The van der Waals surface area contributed by atoms with Crippen LogP contribution in [0.5, 0.6) is 0 Å². The lowest BCUT2D eigenvalue weighted by molar-refractivity contribution is -0.849. The van der Waals surface area contributed by atoms with Gasteiger partial charge >= 0.3 is 8.60 Å². The summed E-state index contributed by atoms with van der Waals surface area (Å²) in [5, 5.41) is 0. The Morgan fingerprint density at radius 1 is 0.889 bits per heavy atom. The van der Waals surface area contributed by atoms with Gasteiger partial charge in [-0.2, -0.15) is 0 Å². The molecule has 0 fully saturated rings. The number of hydrogen-bond acceptors (Lipinski definition) is 3. The predicted octanol–water partition coefficient (Wildman–Crippen LogP) is -0.487. The van der Waals surface area contributed by atoms with Gasteiger partial charge < -0.3 is 19.2 Å². The highest BCUT2D eigenvalue weighted by Gasteiger charge is 1.88. The van der Waals surface area contributed by atoms with Gasteiger partial charge in [0, 0.05) is 0 Å². The van der Waals surface area contributed by atoms with Crippen molar-refractivity contribution in [3.8, 4) is 0 Å². The van der Waals surface area contributed by atoms with Gasteiger partial charge in [0.25, 0.3) is 0 Å². The molecular formula is C4H15NO3P+. The Morgan fingerprint density at radius 3 is 0.889 bits per heavy atom. The van der Waals surface area contributed by atoms with Crippen LogP contribution in [0.3, 0.4) is 0 Å². The number of rotatable bonds is 0. The maximum Gasteiger partial charge on any atom is 0.324 e. The maximum absolute atomic E-state index is 7.23. The molecule has 0 rings (SSSR count). The Morgan fingerprint density at radius 2 is 0.889 bits per heavy atom. The minimum atomic E-state index is -2.62. The summed E-state index contributed by atoms with van der Waals surface area (Å²) in [6.45, 7) is 0. The highest BCUT2D eigenvalue weighted by Crippen LogP contribution is 2.11. The summed E-state index contributed by atoms with van der Waals surface area (Å²) in [4.78, 5) is 21.7. The summed E-state index contributed by atoms with van der Waals surface area (Å²) in [6, 6.07) is 0. The standard InChI is InChI=1S/C4H12N.H3O3P/c1-5(2,3)4;1-4(2)3/h1-4H3;1-3H/q+1;. The van der Waals surface area contributed by atoms with Crippen molar-refractivity contribution in [1.82, 2.24) is 0 Å². The predicted molar refractivity (Wildman–Crippen MR) is 37.5 cm³/mol. The molecule has 0 aromatic carbocycles. The van der Waals surface area contributed by atoms with E-state index in [4.69, 9.17) is 14.7 Å². The minimum Gasteiger partial charge on any atom is -0.333 e. The van der Waals surface area contributed by atoms with E-state index in [1.165, 1.54) is 0 Å². The van der Waals surface area contributed by atoms with Gasteiger partial charge in [-0.25, -0.2) is 0 Å². The molecule has 5 heteroatoms. The molecule has 0 saturated carbocycles. The molecule has 0 saturated heterocycles. The lowest BCUT2D eigenvalue weighted by atomic mass is 10.8. The fraction of sp³-hybridized carbons (Fsp3) is 1.00. The zero-order valence-corrected chi connectivity index (χ0v) is 7.13. The summed E-state index contributed by atoms with van der Waals surface area (Å²) in [7, 11) is 5.88. The van der Waals surface area contributed by atoms with Gasteiger partial charge in [-0.3, -0.25) is 0 Å². The normalized spacial score (nSPS) is 10.7. The summed E-state index contributed by atoms with van der Waals surface area (Å²) < 4.78 is 1.00. The molecule has 3 N–H and O–H groups in total. The first-order valence-corrected chi connectivity index (χ1v) is 3.59. The first-order valence-electron chi connectivity index (χ1n) is 2.39. The summed E-state index contributed by atoms with van der Waals surface area (Å²) in [5.74, 6) is 0. The van der Waals surface area contributed by atoms with Gasteiger partial charge in [-0.1, -0.05) is 0 Å². The Balaban J connectivity index is 0. The van der Waals surface area contributed by atoms with E-state index in [9.17, 15) is 0 Å². The molecule has 0 heterocycles. The fourth-order valence-corrected chi connectivity index (χ4v) is 0. The fourth-order valence-electron chi connectivity index (χ4n) is 0. The Hall–Kier alpha value is 0.270. The monoisotopic (exact) mass is 156 g/mol. The van der Waals surface area contributed by atoms with E-state index < -0.39 is 8.60 Å². The van der Waals surface area contributed by atoms with Crippen molar-refractivity contribution >= 4 is 8.60 Å². The van der Waals surface area contributed by atoms with E-state index in [0.29, 0.717) is 0 Å². The van der Waals surface area contributed by atoms with Crippen molar-refractivity contribution in [3.05, 3.63) is 0 Å². The van der Waals surface area contributed by atoms with Crippen LogP contribution >= 0.6 is 8.60 Å². The van der Waals surface area contributed by atoms with Crippen LogP contribution in [-0.4, -0.2) is 47.4 Å². The van der Waals surface area contributed by atoms with E-state index >= 15 is 0 Å². The van der Waals surface area contributed by atoms with Crippen LogP contribution in [0.4, 0.5) is 0 Å². The van der Waals surface area contributed by atoms with E-state index in [0.717, 1.165) is 4.48 Å². The lowest BCUT2D eigenvalue weighted by Gasteiger charge is -2.14. The molecule has 4 nitrogen and oxygen atoms in total. The number of nitrogens with zero attached hydrogens (tertiary/aromatic N) is 1. The van der Waals surface area contributed by atoms with Crippen LogP contribution < -0.4 is 0 Å². The third-order valence-corrected chi connectivity index (χ3v) is 0. The van der Waals surface area contributed by atoms with Crippen LogP contribution in [-0.2, 0) is 0 Å². The molecule has 0 bridgehead atoms. The Labute approximate surface area is 57.0 Å². The largest absolute Gasteiger partial charge is 0.333 e. The first-order chi connectivity index (χ1) is 3.73. The molecule has 0 radical (unpaired) electrons. The van der Waals surface area contributed by atoms with Crippen LogP contribution in [0, 0.1) is 0 Å². The molecule has 0 aliphatic carbocycles. The molecule has 0 aromatic heterocycles. The summed E-state index contributed by atoms with van der Waals surface area (Å²) in [5.41, 5.74) is 0. The molecule has 0 aliphatic rings. The highest BCUT2D eigenvalue weighted by atomic mass is 31.2. The van der Waals surface area contributed by atoms with Crippen molar-refractivity contribution < 1.29 is 19.2 Å². The molecule has 9 heavy (non-hydrogen) atoms. The van der Waals surface area contributed by atoms with Gasteiger partial charge in [-0.05, 0) is 0 Å². The Bertz CT molecular complexity index is 52.6. The molecule has 0 aliphatic heterocycles. The van der Waals surface area contributed by atoms with E-state index in [1.807, 2.05) is 0 Å². The van der Waals surface area contributed by atoms with Crippen LogP contribution in [0.25, 0.3) is 0 Å². The third-order valence-electron chi connectivity index (χ3n) is 0. The maximum atomic E-state index is 7.23. The molecule has 58 valence electrons. The van der Waals surface area contributed by atoms with Gasteiger partial charge in [0.1, 0.15) is 0 Å². The second-order valence-corrected chi connectivity index (χ2v) is 3.49. The van der Waals surface area contributed by atoms with Gasteiger partial charge in [0.15, 0.2) is 0 Å². The molecule has 0 unspecified atom stereocenters. The molecule has 0 aromatic rings. The van der Waals surface area contributed by atoms with Crippen LogP contribution in [0.1, 0.15) is 0 Å². The molecule has 0 amide bonds. The SMILES string of the molecule is C[N+](C)(C)C.OP(O)O. The highest BCUT2D eigenvalue weighted by molar-refractivity contribution is 7.38. The van der Waals surface area contributed by atoms with E-state index in [1.54, 1.807) is 0 Å². The molecule has 0 spiro atoms. The molecular weight excluding hydrogens is 141 g/mol. The Kier molecular flexibility index (Phi) is 6.78. The second-order valence-electron chi connectivity index (χ2n) is 2.95. The first kappa shape index (κ1) is 12.0. The van der Waals surface area contributed by atoms with Gasteiger partial charge in [0.05, 0.1) is 28.2 Å². The second kappa shape index (κ2) is 5.09. The van der Waals surface area contributed by atoms with Crippen molar-refractivity contribution in [1.29, 1.82) is 0 Å². The topological polar surface area (TPSA) is 60.7 Å². The van der Waals surface area contributed by atoms with Crippen LogP contribution in [0.2, 0.25) is 0 Å². The minimum absolute atomic E-state index is 1.00. The smallest absolute Gasteiger partial charge is 0.324 e. The summed E-state index contributed by atoms with van der Waals surface area (Å²) >= 11 is 0. The van der Waals surface area contributed by atoms with E-state index in [-0.39, 0.29) is 0 Å². The average molecular weight is 156 g/mol. The van der Waals surface area contributed by atoms with Crippen molar-refractivity contribution in [2.45, 2.75) is 0 Å². The van der Waals surface area contributed by atoms with Crippen molar-refractivity contribution in [2.24, 2.45) is 0 Å². The van der Waals surface area contributed by atoms with Crippen molar-refractivity contribution in [3.63, 3.8) is 0 Å². The average Bonchev–Trinajstić information content (AvgIpc) is 1.19. The van der Waals surface area contributed by atoms with Gasteiger partial charge in [0.2, 0.25) is 0 Å². The number of hydrogen-bond donors (Lipinski definition) is 3. The summed E-state index contributed by atoms with van der Waals surface area (Å²) in [6.07, 6.45) is 0. The zero-order valence-electron chi connectivity index (χ0n) is 6.24. The third kappa shape index (κ3) is 4460. The van der Waals surface area contributed by atoms with Crippen LogP contribution in [0.15, 0.2) is 0 Å². The lowest BCUT2D eigenvalue weighted by Crippen LogP contribution is -2.27. The quantitative estimate of drug-likeness (QED) is 0.327. The van der Waals surface area contributed by atoms with E-state index in [2.05, 4.69) is 28.2 Å².